The van der Waals surface area contributed by atoms with Crippen LogP contribution in [0.2, 0.25) is 0 Å². The Morgan fingerprint density at radius 1 is 1.40 bits per heavy atom. The molecule has 1 atom stereocenters. The average molecular weight is 294 g/mol. The number of H-pyrrole nitrogens is 1. The molecule has 1 aromatic heterocycles. The summed E-state index contributed by atoms with van der Waals surface area (Å²) in [6.45, 7) is 1.78. The van der Waals surface area contributed by atoms with Crippen LogP contribution < -0.4 is 0 Å². The summed E-state index contributed by atoms with van der Waals surface area (Å²) in [6.07, 6.45) is 0. The Morgan fingerprint density at radius 3 is 2.75 bits per heavy atom. The Bertz CT molecular complexity index is 614. The Labute approximate surface area is 120 Å². The third-order valence-electron chi connectivity index (χ3n) is 2.66. The van der Waals surface area contributed by atoms with Crippen molar-refractivity contribution in [1.29, 1.82) is 0 Å². The Kier molecular flexibility index (Phi) is 4.39. The standard InChI is InChI=1S/C13H15FN4OS/c1-8(12(19)18(2)3)20-13-15-11(16-17-13)9-6-4-5-7-10(9)14/h4-8H,1-3H3,(H,15,16,17)/t8-/m0/s1. The van der Waals surface area contributed by atoms with Crippen LogP contribution in [0.4, 0.5) is 4.39 Å². The number of rotatable bonds is 4. The zero-order valence-electron chi connectivity index (χ0n) is 11.4. The SMILES string of the molecule is C[C@H](Sc1n[nH]c(-c2ccccc2F)n1)C(=O)N(C)C. The van der Waals surface area contributed by atoms with Gasteiger partial charge in [-0.05, 0) is 19.1 Å². The van der Waals surface area contributed by atoms with Crippen molar-refractivity contribution in [2.24, 2.45) is 0 Å². The summed E-state index contributed by atoms with van der Waals surface area (Å²) in [7, 11) is 3.39. The van der Waals surface area contributed by atoms with Crippen molar-refractivity contribution in [3.8, 4) is 11.4 Å². The molecule has 1 amide bonds. The third kappa shape index (κ3) is 3.16. The van der Waals surface area contributed by atoms with Gasteiger partial charge in [-0.25, -0.2) is 9.37 Å². The normalized spacial score (nSPS) is 12.2. The van der Waals surface area contributed by atoms with E-state index in [2.05, 4.69) is 15.2 Å². The smallest absolute Gasteiger partial charge is 0.235 e. The number of aromatic amines is 1. The lowest BCUT2D eigenvalue weighted by molar-refractivity contribution is -0.127. The molecule has 1 N–H and O–H groups in total. The number of hydrogen-bond acceptors (Lipinski definition) is 4. The van der Waals surface area contributed by atoms with Gasteiger partial charge in [0.15, 0.2) is 5.82 Å². The molecule has 0 unspecified atom stereocenters. The number of hydrogen-bond donors (Lipinski definition) is 1. The predicted octanol–water partition coefficient (Wildman–Crippen LogP) is 2.18. The lowest BCUT2D eigenvalue weighted by Gasteiger charge is -2.14. The second kappa shape index (κ2) is 6.04. The summed E-state index contributed by atoms with van der Waals surface area (Å²) in [5, 5.41) is 6.82. The van der Waals surface area contributed by atoms with Gasteiger partial charge in [-0.15, -0.1) is 5.10 Å². The molecule has 0 spiro atoms. The Morgan fingerprint density at radius 2 is 2.10 bits per heavy atom. The van der Waals surface area contributed by atoms with E-state index >= 15 is 0 Å². The van der Waals surface area contributed by atoms with Gasteiger partial charge in [-0.2, -0.15) is 0 Å². The van der Waals surface area contributed by atoms with Crippen molar-refractivity contribution < 1.29 is 9.18 Å². The molecule has 1 aromatic carbocycles. The molecule has 7 heteroatoms. The molecule has 2 aromatic rings. The van der Waals surface area contributed by atoms with Gasteiger partial charge in [0.05, 0.1) is 10.8 Å². The Hall–Kier alpha value is -1.89. The monoisotopic (exact) mass is 294 g/mol. The van der Waals surface area contributed by atoms with Crippen molar-refractivity contribution in [3.05, 3.63) is 30.1 Å². The summed E-state index contributed by atoms with van der Waals surface area (Å²) >= 11 is 1.23. The summed E-state index contributed by atoms with van der Waals surface area (Å²) in [5.41, 5.74) is 0.360. The molecule has 106 valence electrons. The van der Waals surface area contributed by atoms with Gasteiger partial charge in [0, 0.05) is 14.1 Å². The molecule has 20 heavy (non-hydrogen) atoms. The van der Waals surface area contributed by atoms with E-state index in [0.29, 0.717) is 16.5 Å². The van der Waals surface area contributed by atoms with E-state index < -0.39 is 0 Å². The fraction of sp³-hybridized carbons (Fsp3) is 0.308. The highest BCUT2D eigenvalue weighted by atomic mass is 32.2. The zero-order valence-corrected chi connectivity index (χ0v) is 12.2. The highest BCUT2D eigenvalue weighted by Gasteiger charge is 2.19. The molecule has 1 heterocycles. The number of halogens is 1. The van der Waals surface area contributed by atoms with Crippen LogP contribution in [0.1, 0.15) is 6.92 Å². The quantitative estimate of drug-likeness (QED) is 0.878. The molecule has 0 aliphatic carbocycles. The van der Waals surface area contributed by atoms with Crippen molar-refractivity contribution in [2.45, 2.75) is 17.3 Å². The summed E-state index contributed by atoms with van der Waals surface area (Å²) < 4.78 is 13.6. The minimum absolute atomic E-state index is 0.0211. The van der Waals surface area contributed by atoms with Gasteiger partial charge in [0.1, 0.15) is 5.82 Å². The van der Waals surface area contributed by atoms with Gasteiger partial charge in [-0.3, -0.25) is 9.89 Å². The summed E-state index contributed by atoms with van der Waals surface area (Å²) in [4.78, 5) is 17.5. The summed E-state index contributed by atoms with van der Waals surface area (Å²) in [6, 6.07) is 6.33. The van der Waals surface area contributed by atoms with E-state index in [1.54, 1.807) is 39.2 Å². The van der Waals surface area contributed by atoms with E-state index in [4.69, 9.17) is 0 Å². The van der Waals surface area contributed by atoms with Crippen LogP contribution in [0.3, 0.4) is 0 Å². The number of aromatic nitrogens is 3. The molecular formula is C13H15FN4OS. The van der Waals surface area contributed by atoms with Gasteiger partial charge >= 0.3 is 0 Å². The summed E-state index contributed by atoms with van der Waals surface area (Å²) in [5.74, 6) is -0.0278. The predicted molar refractivity (Wildman–Crippen MR) is 75.8 cm³/mol. The van der Waals surface area contributed by atoms with Crippen molar-refractivity contribution in [2.75, 3.05) is 14.1 Å². The second-order valence-corrected chi connectivity index (χ2v) is 5.75. The number of carbonyl (C=O) groups is 1. The van der Waals surface area contributed by atoms with Crippen LogP contribution in [0.5, 0.6) is 0 Å². The number of amides is 1. The highest BCUT2D eigenvalue weighted by Crippen LogP contribution is 2.24. The van der Waals surface area contributed by atoms with E-state index in [9.17, 15) is 9.18 Å². The molecule has 5 nitrogen and oxygen atoms in total. The molecule has 2 rings (SSSR count). The fourth-order valence-electron chi connectivity index (χ4n) is 1.64. The van der Waals surface area contributed by atoms with Crippen LogP contribution in [0.15, 0.2) is 29.4 Å². The minimum Gasteiger partial charge on any atom is -0.348 e. The van der Waals surface area contributed by atoms with Gasteiger partial charge in [-0.1, -0.05) is 23.9 Å². The maximum Gasteiger partial charge on any atom is 0.235 e. The molecule has 0 aliphatic rings. The number of nitrogens with one attached hydrogen (secondary N) is 1. The van der Waals surface area contributed by atoms with Crippen LogP contribution in [-0.2, 0) is 4.79 Å². The van der Waals surface area contributed by atoms with E-state index in [0.717, 1.165) is 0 Å². The van der Waals surface area contributed by atoms with Crippen LogP contribution >= 0.6 is 11.8 Å². The highest BCUT2D eigenvalue weighted by molar-refractivity contribution is 8.00. The lowest BCUT2D eigenvalue weighted by atomic mass is 10.2. The van der Waals surface area contributed by atoms with E-state index in [1.807, 2.05) is 0 Å². The number of nitrogens with zero attached hydrogens (tertiary/aromatic N) is 3. The average Bonchev–Trinajstić information content (AvgIpc) is 2.86. The molecule has 0 radical (unpaired) electrons. The minimum atomic E-state index is -0.363. The molecule has 0 saturated heterocycles. The van der Waals surface area contributed by atoms with Crippen molar-refractivity contribution in [1.82, 2.24) is 20.1 Å². The van der Waals surface area contributed by atoms with Gasteiger partial charge in [0.2, 0.25) is 11.1 Å². The maximum atomic E-state index is 13.6. The molecule has 0 aliphatic heterocycles. The van der Waals surface area contributed by atoms with E-state index in [-0.39, 0.29) is 17.0 Å². The lowest BCUT2D eigenvalue weighted by Crippen LogP contribution is -2.29. The number of benzene rings is 1. The van der Waals surface area contributed by atoms with Crippen LogP contribution in [0.25, 0.3) is 11.4 Å². The van der Waals surface area contributed by atoms with Crippen LogP contribution in [-0.4, -0.2) is 45.3 Å². The largest absolute Gasteiger partial charge is 0.348 e. The van der Waals surface area contributed by atoms with Crippen molar-refractivity contribution >= 4 is 17.7 Å². The first-order valence-electron chi connectivity index (χ1n) is 6.04. The first-order valence-corrected chi connectivity index (χ1v) is 6.92. The second-order valence-electron chi connectivity index (χ2n) is 4.44. The fourth-order valence-corrected chi connectivity index (χ4v) is 2.52. The van der Waals surface area contributed by atoms with Gasteiger partial charge < -0.3 is 4.90 Å². The van der Waals surface area contributed by atoms with Crippen molar-refractivity contribution in [3.63, 3.8) is 0 Å². The Balaban J connectivity index is 2.14. The van der Waals surface area contributed by atoms with E-state index in [1.165, 1.54) is 22.7 Å². The first-order chi connectivity index (χ1) is 9.49. The third-order valence-corrected chi connectivity index (χ3v) is 3.61. The van der Waals surface area contributed by atoms with Crippen LogP contribution in [0, 0.1) is 5.82 Å². The molecule has 0 bridgehead atoms. The zero-order chi connectivity index (χ0) is 14.7. The topological polar surface area (TPSA) is 61.9 Å². The first kappa shape index (κ1) is 14.5. The number of thioether (sulfide) groups is 1. The maximum absolute atomic E-state index is 13.6. The molecule has 0 fully saturated rings. The van der Waals surface area contributed by atoms with Gasteiger partial charge in [0.25, 0.3) is 0 Å². The molecule has 0 saturated carbocycles. The molecular weight excluding hydrogens is 279 g/mol. The number of carbonyl (C=O) groups excluding carboxylic acids is 1.